The van der Waals surface area contributed by atoms with Crippen molar-refractivity contribution >= 4 is 28.5 Å². The van der Waals surface area contributed by atoms with E-state index in [0.717, 1.165) is 16.9 Å². The maximum atomic E-state index is 11.8. The Morgan fingerprint density at radius 1 is 1.40 bits per heavy atom. The first-order chi connectivity index (χ1) is 9.56. The molecule has 2 rings (SSSR count). The number of nitrogens with zero attached hydrogens (tertiary/aromatic N) is 2. The van der Waals surface area contributed by atoms with Gasteiger partial charge >= 0.3 is 5.00 Å². The molecular weight excluding hydrogens is 278 g/mol. The van der Waals surface area contributed by atoms with Crippen molar-refractivity contribution in [2.75, 3.05) is 0 Å². The van der Waals surface area contributed by atoms with Crippen molar-refractivity contribution in [1.82, 2.24) is 5.43 Å². The number of rotatable bonds is 4. The average Bonchev–Trinajstić information content (AvgIpc) is 2.87. The van der Waals surface area contributed by atoms with Gasteiger partial charge in [-0.25, -0.2) is 5.43 Å². The average molecular weight is 289 g/mol. The molecule has 1 aromatic heterocycles. The van der Waals surface area contributed by atoms with Crippen LogP contribution in [0.15, 0.2) is 41.5 Å². The molecule has 0 spiro atoms. The first kappa shape index (κ1) is 13.9. The van der Waals surface area contributed by atoms with E-state index in [2.05, 4.69) is 10.5 Å². The number of thiophene rings is 1. The Kier molecular flexibility index (Phi) is 4.21. The zero-order valence-corrected chi connectivity index (χ0v) is 11.4. The van der Waals surface area contributed by atoms with Crippen LogP contribution in [0.2, 0.25) is 0 Å². The summed E-state index contributed by atoms with van der Waals surface area (Å²) in [6.45, 7) is 1.89. The van der Waals surface area contributed by atoms with Crippen LogP contribution in [-0.4, -0.2) is 17.0 Å². The molecule has 102 valence electrons. The van der Waals surface area contributed by atoms with E-state index in [-0.39, 0.29) is 10.9 Å². The molecule has 20 heavy (non-hydrogen) atoms. The maximum Gasteiger partial charge on any atom is 0.324 e. The second-order valence-electron chi connectivity index (χ2n) is 4.00. The van der Waals surface area contributed by atoms with Gasteiger partial charge in [-0.1, -0.05) is 29.0 Å². The van der Waals surface area contributed by atoms with Gasteiger partial charge in [0.15, 0.2) is 0 Å². The Morgan fingerprint density at radius 2 is 2.20 bits per heavy atom. The van der Waals surface area contributed by atoms with E-state index in [9.17, 15) is 14.9 Å². The van der Waals surface area contributed by atoms with E-state index in [4.69, 9.17) is 0 Å². The van der Waals surface area contributed by atoms with Crippen LogP contribution in [0.5, 0.6) is 0 Å². The smallest absolute Gasteiger partial charge is 0.267 e. The molecule has 0 aliphatic rings. The topological polar surface area (TPSA) is 84.6 Å². The van der Waals surface area contributed by atoms with Crippen molar-refractivity contribution < 1.29 is 9.72 Å². The molecule has 1 amide bonds. The number of amides is 1. The fraction of sp³-hybridized carbons (Fsp3) is 0.0769. The summed E-state index contributed by atoms with van der Waals surface area (Å²) in [5.41, 5.74) is 3.88. The lowest BCUT2D eigenvalue weighted by Gasteiger charge is -2.00. The number of benzene rings is 1. The van der Waals surface area contributed by atoms with Gasteiger partial charge in [0, 0.05) is 11.6 Å². The van der Waals surface area contributed by atoms with Gasteiger partial charge in [0.05, 0.1) is 16.0 Å². The van der Waals surface area contributed by atoms with Gasteiger partial charge in [0.1, 0.15) is 0 Å². The van der Waals surface area contributed by atoms with Crippen LogP contribution in [0.25, 0.3) is 0 Å². The third-order valence-corrected chi connectivity index (χ3v) is 3.40. The first-order valence-electron chi connectivity index (χ1n) is 5.70. The molecule has 0 unspecified atom stereocenters. The molecule has 0 bridgehead atoms. The SMILES string of the molecule is Cc1cccc(C(=O)N/N=C\c2ccc([N+](=O)[O-])s2)c1. The number of hydrogen-bond donors (Lipinski definition) is 1. The number of carbonyl (C=O) groups excluding carboxylic acids is 1. The highest BCUT2D eigenvalue weighted by Gasteiger charge is 2.08. The molecule has 0 fully saturated rings. The Labute approximate surface area is 118 Å². The van der Waals surface area contributed by atoms with Crippen molar-refractivity contribution in [2.24, 2.45) is 5.10 Å². The van der Waals surface area contributed by atoms with E-state index in [1.54, 1.807) is 24.3 Å². The van der Waals surface area contributed by atoms with Crippen LogP contribution in [-0.2, 0) is 0 Å². The number of hydrazone groups is 1. The van der Waals surface area contributed by atoms with Crippen LogP contribution in [0.1, 0.15) is 20.8 Å². The van der Waals surface area contributed by atoms with Crippen molar-refractivity contribution in [3.63, 3.8) is 0 Å². The fourth-order valence-electron chi connectivity index (χ4n) is 1.52. The molecule has 0 saturated heterocycles. The van der Waals surface area contributed by atoms with Crippen LogP contribution in [0.3, 0.4) is 0 Å². The van der Waals surface area contributed by atoms with Crippen molar-refractivity contribution in [3.8, 4) is 0 Å². The number of nitro groups is 1. The Hall–Kier alpha value is -2.54. The number of nitrogens with one attached hydrogen (secondary N) is 1. The summed E-state index contributed by atoms with van der Waals surface area (Å²) in [7, 11) is 0. The van der Waals surface area contributed by atoms with E-state index in [1.807, 2.05) is 13.0 Å². The summed E-state index contributed by atoms with van der Waals surface area (Å²) in [5.74, 6) is -0.323. The number of aryl methyl sites for hydroxylation is 1. The number of carbonyl (C=O) groups is 1. The monoisotopic (exact) mass is 289 g/mol. The normalized spacial score (nSPS) is 10.7. The fourth-order valence-corrected chi connectivity index (χ4v) is 2.21. The lowest BCUT2D eigenvalue weighted by atomic mass is 10.1. The summed E-state index contributed by atoms with van der Waals surface area (Å²) in [5, 5.41) is 14.3. The molecule has 6 nitrogen and oxygen atoms in total. The van der Waals surface area contributed by atoms with E-state index in [1.165, 1.54) is 12.3 Å². The maximum absolute atomic E-state index is 11.8. The minimum atomic E-state index is -0.465. The Balaban J connectivity index is 1.99. The van der Waals surface area contributed by atoms with Gasteiger partial charge in [0.2, 0.25) is 0 Å². The van der Waals surface area contributed by atoms with Crippen LogP contribution >= 0.6 is 11.3 Å². The standard InChI is InChI=1S/C13H11N3O3S/c1-9-3-2-4-10(7-9)13(17)15-14-8-11-5-6-12(20-11)16(18)19/h2-8H,1H3,(H,15,17)/b14-8-. The highest BCUT2D eigenvalue weighted by Crippen LogP contribution is 2.22. The molecule has 0 aliphatic carbocycles. The predicted octanol–water partition coefficient (Wildman–Crippen LogP) is 2.73. The lowest BCUT2D eigenvalue weighted by Crippen LogP contribution is -2.17. The van der Waals surface area contributed by atoms with Crippen molar-refractivity contribution in [2.45, 2.75) is 6.92 Å². The summed E-state index contributed by atoms with van der Waals surface area (Å²) >= 11 is 0.991. The third kappa shape index (κ3) is 3.48. The highest BCUT2D eigenvalue weighted by molar-refractivity contribution is 7.16. The summed E-state index contributed by atoms with van der Waals surface area (Å²) in [6, 6.07) is 10.1. The molecule has 0 aliphatic heterocycles. The van der Waals surface area contributed by atoms with Gasteiger partial charge in [-0.15, -0.1) is 0 Å². The Morgan fingerprint density at radius 3 is 2.85 bits per heavy atom. The number of hydrogen-bond acceptors (Lipinski definition) is 5. The predicted molar refractivity (Wildman–Crippen MR) is 77.2 cm³/mol. The first-order valence-corrected chi connectivity index (χ1v) is 6.52. The van der Waals surface area contributed by atoms with Gasteiger partial charge in [-0.2, -0.15) is 5.10 Å². The van der Waals surface area contributed by atoms with Crippen molar-refractivity contribution in [1.29, 1.82) is 0 Å². The summed E-state index contributed by atoms with van der Waals surface area (Å²) in [4.78, 5) is 22.4. The summed E-state index contributed by atoms with van der Waals surface area (Å²) < 4.78 is 0. The molecule has 2 aromatic rings. The molecule has 1 heterocycles. The van der Waals surface area contributed by atoms with Gasteiger partial charge in [0.25, 0.3) is 5.91 Å². The minimum absolute atomic E-state index is 0.0384. The largest absolute Gasteiger partial charge is 0.324 e. The van der Waals surface area contributed by atoms with E-state index >= 15 is 0 Å². The lowest BCUT2D eigenvalue weighted by molar-refractivity contribution is -0.380. The van der Waals surface area contributed by atoms with Crippen molar-refractivity contribution in [3.05, 3.63) is 62.5 Å². The second kappa shape index (κ2) is 6.07. The van der Waals surface area contributed by atoms with Crippen LogP contribution < -0.4 is 5.43 Å². The molecular formula is C13H11N3O3S. The van der Waals surface area contributed by atoms with Crippen LogP contribution in [0, 0.1) is 17.0 Å². The van der Waals surface area contributed by atoms with Gasteiger partial charge in [-0.3, -0.25) is 14.9 Å². The quantitative estimate of drug-likeness (QED) is 0.533. The van der Waals surface area contributed by atoms with Gasteiger partial charge < -0.3 is 0 Å². The van der Waals surface area contributed by atoms with Gasteiger partial charge in [-0.05, 0) is 25.1 Å². The zero-order valence-electron chi connectivity index (χ0n) is 10.6. The summed E-state index contributed by atoms with van der Waals surface area (Å²) in [6.07, 6.45) is 1.38. The van der Waals surface area contributed by atoms with Crippen LogP contribution in [0.4, 0.5) is 5.00 Å². The molecule has 1 N–H and O–H groups in total. The molecule has 7 heteroatoms. The minimum Gasteiger partial charge on any atom is -0.267 e. The van der Waals surface area contributed by atoms with E-state index in [0.29, 0.717) is 10.4 Å². The second-order valence-corrected chi connectivity index (χ2v) is 5.10. The third-order valence-electron chi connectivity index (χ3n) is 2.43. The molecule has 0 saturated carbocycles. The zero-order chi connectivity index (χ0) is 14.5. The molecule has 1 aromatic carbocycles. The molecule has 0 radical (unpaired) electrons. The Bertz CT molecular complexity index is 679. The molecule has 0 atom stereocenters. The highest BCUT2D eigenvalue weighted by atomic mass is 32.1. The van der Waals surface area contributed by atoms with E-state index < -0.39 is 4.92 Å².